The highest BCUT2D eigenvalue weighted by Gasteiger charge is 2.42. The molecule has 1 aliphatic carbocycles. The van der Waals surface area contributed by atoms with E-state index in [9.17, 15) is 14.0 Å². The first-order chi connectivity index (χ1) is 14.6. The van der Waals surface area contributed by atoms with Crippen molar-refractivity contribution in [2.24, 2.45) is 0 Å². The highest BCUT2D eigenvalue weighted by molar-refractivity contribution is 7.16. The lowest BCUT2D eigenvalue weighted by Gasteiger charge is -2.22. The second-order valence-electron chi connectivity index (χ2n) is 7.62. The van der Waals surface area contributed by atoms with E-state index in [2.05, 4.69) is 37.8 Å². The number of aromatic nitrogens is 4. The van der Waals surface area contributed by atoms with Crippen LogP contribution >= 0.6 is 11.3 Å². The van der Waals surface area contributed by atoms with Crippen molar-refractivity contribution in [2.75, 3.05) is 6.54 Å². The van der Waals surface area contributed by atoms with E-state index < -0.39 is 23.8 Å². The Balaban J connectivity index is 1.40. The van der Waals surface area contributed by atoms with E-state index in [1.165, 1.54) is 5.56 Å². The van der Waals surface area contributed by atoms with Crippen LogP contribution in [0.4, 0.5) is 9.18 Å². The van der Waals surface area contributed by atoms with E-state index in [4.69, 9.17) is 0 Å². The number of rotatable bonds is 3. The summed E-state index contributed by atoms with van der Waals surface area (Å²) in [5.41, 5.74) is 5.76. The second kappa shape index (κ2) is 6.30. The number of imidazole rings is 1. The van der Waals surface area contributed by atoms with E-state index in [1.807, 2.05) is 17.6 Å². The summed E-state index contributed by atoms with van der Waals surface area (Å²) in [7, 11) is 0. The molecule has 1 aliphatic heterocycles. The molecule has 3 atom stereocenters. The zero-order chi connectivity index (χ0) is 20.4. The summed E-state index contributed by atoms with van der Waals surface area (Å²) in [4.78, 5) is 32.2. The summed E-state index contributed by atoms with van der Waals surface area (Å²) in [6.07, 6.45) is 2.05. The van der Waals surface area contributed by atoms with Gasteiger partial charge in [-0.25, -0.2) is 14.8 Å². The van der Waals surface area contributed by atoms with Crippen LogP contribution in [0.15, 0.2) is 36.0 Å². The predicted molar refractivity (Wildman–Crippen MR) is 107 cm³/mol. The number of carbonyl (C=O) groups excluding carboxylic acids is 2. The Hall–Kier alpha value is -3.40. The first-order valence-electron chi connectivity index (χ1n) is 9.54. The molecule has 1 saturated heterocycles. The van der Waals surface area contributed by atoms with Crippen LogP contribution in [0, 0.1) is 5.95 Å². The third-order valence-corrected chi connectivity index (χ3v) is 6.62. The van der Waals surface area contributed by atoms with Crippen molar-refractivity contribution in [1.82, 2.24) is 30.2 Å². The number of hydrogen-bond donors (Lipinski definition) is 2. The second-order valence-corrected chi connectivity index (χ2v) is 8.51. The van der Waals surface area contributed by atoms with Gasteiger partial charge in [-0.05, 0) is 42.0 Å². The van der Waals surface area contributed by atoms with Gasteiger partial charge in [-0.15, -0.1) is 11.3 Å². The fraction of sp³-hybridized carbons (Fsp3) is 0.250. The Morgan fingerprint density at radius 3 is 2.93 bits per heavy atom. The van der Waals surface area contributed by atoms with Crippen molar-refractivity contribution in [3.05, 3.63) is 58.7 Å². The first kappa shape index (κ1) is 17.5. The fourth-order valence-electron chi connectivity index (χ4n) is 4.21. The molecule has 3 aromatic heterocycles. The minimum Gasteiger partial charge on any atom is -0.337 e. The fourth-order valence-corrected chi connectivity index (χ4v) is 4.93. The molecule has 1 unspecified atom stereocenters. The average molecular weight is 422 g/mol. The van der Waals surface area contributed by atoms with Crippen LogP contribution in [-0.2, 0) is 4.79 Å². The Labute approximate surface area is 173 Å². The van der Waals surface area contributed by atoms with Crippen molar-refractivity contribution >= 4 is 39.1 Å². The molecule has 0 radical (unpaired) electrons. The maximum atomic E-state index is 14.3. The molecule has 0 bridgehead atoms. The van der Waals surface area contributed by atoms with E-state index in [0.717, 1.165) is 32.9 Å². The lowest BCUT2D eigenvalue weighted by atomic mass is 9.99. The van der Waals surface area contributed by atoms with Crippen LogP contribution in [0.5, 0.6) is 0 Å². The molecule has 0 spiro atoms. The summed E-state index contributed by atoms with van der Waals surface area (Å²) >= 11 is 1.61. The number of thiazole rings is 1. The Kier molecular flexibility index (Phi) is 3.66. The molecule has 6 rings (SSSR count). The lowest BCUT2D eigenvalue weighted by Crippen LogP contribution is -2.51. The van der Waals surface area contributed by atoms with Crippen molar-refractivity contribution in [3.8, 4) is 0 Å². The number of hydrogen-bond acceptors (Lipinski definition) is 6. The van der Waals surface area contributed by atoms with Gasteiger partial charge in [0.15, 0.2) is 5.65 Å². The van der Waals surface area contributed by atoms with Crippen molar-refractivity contribution in [2.45, 2.75) is 24.2 Å². The Morgan fingerprint density at radius 2 is 2.07 bits per heavy atom. The minimum absolute atomic E-state index is 0.120. The monoisotopic (exact) mass is 422 g/mol. The Morgan fingerprint density at radius 1 is 1.17 bits per heavy atom. The molecule has 8 nitrogen and oxygen atoms in total. The third kappa shape index (κ3) is 2.67. The standard InChI is InChI=1S/C20H15FN6O2S/c21-17-7-22-18-12(5-15(26-27(17)18)13-6-23-20(29)25-19(13)28)11-4-10(11)9-1-2-14-16(3-9)30-8-24-14/h1-3,5,7-8,10-11,13H,4,6H2,(H2,23,25,28,29)/t10-,11+,13?/m1/s1. The third-order valence-electron chi connectivity index (χ3n) is 5.82. The van der Waals surface area contributed by atoms with Gasteiger partial charge in [0.05, 0.1) is 33.5 Å². The number of imide groups is 1. The van der Waals surface area contributed by atoms with Crippen LogP contribution in [0.3, 0.4) is 0 Å². The van der Waals surface area contributed by atoms with Gasteiger partial charge in [0, 0.05) is 12.1 Å². The molecule has 1 aromatic carbocycles. The minimum atomic E-state index is -0.682. The highest BCUT2D eigenvalue weighted by Crippen LogP contribution is 2.56. The maximum Gasteiger partial charge on any atom is 0.321 e. The van der Waals surface area contributed by atoms with Crippen LogP contribution in [-0.4, -0.2) is 38.1 Å². The zero-order valence-corrected chi connectivity index (χ0v) is 16.3. The summed E-state index contributed by atoms with van der Waals surface area (Å²) in [5, 5.41) is 9.14. The highest BCUT2D eigenvalue weighted by atomic mass is 32.1. The average Bonchev–Trinajstić information content (AvgIpc) is 3.24. The summed E-state index contributed by atoms with van der Waals surface area (Å²) in [5.74, 6) is -1.27. The zero-order valence-electron chi connectivity index (χ0n) is 15.5. The van der Waals surface area contributed by atoms with Gasteiger partial charge >= 0.3 is 6.03 Å². The van der Waals surface area contributed by atoms with Crippen LogP contribution in [0.2, 0.25) is 0 Å². The summed E-state index contributed by atoms with van der Waals surface area (Å²) < 4.78 is 16.6. The van der Waals surface area contributed by atoms with Crippen LogP contribution in [0.25, 0.3) is 15.9 Å². The first-order valence-corrected chi connectivity index (χ1v) is 10.4. The number of urea groups is 1. The molecule has 3 amide bonds. The topological polar surface area (TPSA) is 101 Å². The maximum absolute atomic E-state index is 14.3. The molecule has 10 heteroatoms. The SMILES string of the molecule is O=C1NCC(c2cc([C@H]3C[C@@H]3c3ccc4ncsc4c3)c3ncc(F)n3n2)C(=O)N1. The molecular formula is C20H15FN6O2S. The predicted octanol–water partition coefficient (Wildman–Crippen LogP) is 2.67. The number of benzene rings is 1. The largest absolute Gasteiger partial charge is 0.337 e. The molecule has 4 heterocycles. The number of nitrogens with one attached hydrogen (secondary N) is 2. The van der Waals surface area contributed by atoms with Gasteiger partial charge in [0.1, 0.15) is 0 Å². The Bertz CT molecular complexity index is 1350. The smallest absolute Gasteiger partial charge is 0.321 e. The van der Waals surface area contributed by atoms with E-state index in [-0.39, 0.29) is 18.4 Å². The van der Waals surface area contributed by atoms with E-state index >= 15 is 0 Å². The van der Waals surface area contributed by atoms with Gasteiger partial charge in [-0.2, -0.15) is 14.0 Å². The summed E-state index contributed by atoms with van der Waals surface area (Å²) in [6, 6.07) is 7.57. The van der Waals surface area contributed by atoms with Crippen LogP contribution in [0.1, 0.15) is 41.0 Å². The molecule has 2 aliphatic rings. The summed E-state index contributed by atoms with van der Waals surface area (Å²) in [6.45, 7) is 0.120. The lowest BCUT2D eigenvalue weighted by molar-refractivity contribution is -0.122. The molecule has 150 valence electrons. The molecule has 30 heavy (non-hydrogen) atoms. The molecule has 4 aromatic rings. The van der Waals surface area contributed by atoms with Crippen molar-refractivity contribution in [1.29, 1.82) is 0 Å². The molecule has 1 saturated carbocycles. The number of fused-ring (bicyclic) bond motifs is 2. The van der Waals surface area contributed by atoms with E-state index in [0.29, 0.717) is 11.3 Å². The number of halogens is 1. The van der Waals surface area contributed by atoms with Crippen LogP contribution < -0.4 is 10.6 Å². The van der Waals surface area contributed by atoms with Gasteiger partial charge < -0.3 is 5.32 Å². The number of carbonyl (C=O) groups is 2. The quantitative estimate of drug-likeness (QED) is 0.529. The number of nitrogens with zero attached hydrogens (tertiary/aromatic N) is 4. The van der Waals surface area contributed by atoms with Gasteiger partial charge in [-0.3, -0.25) is 10.1 Å². The van der Waals surface area contributed by atoms with Gasteiger partial charge in [0.2, 0.25) is 11.9 Å². The molecule has 2 N–H and O–H groups in total. The number of amides is 3. The molecular weight excluding hydrogens is 407 g/mol. The van der Waals surface area contributed by atoms with Gasteiger partial charge in [-0.1, -0.05) is 6.07 Å². The van der Waals surface area contributed by atoms with Crippen molar-refractivity contribution < 1.29 is 14.0 Å². The normalized spacial score (nSPS) is 23.6. The van der Waals surface area contributed by atoms with E-state index in [1.54, 1.807) is 11.3 Å². The molecule has 2 fully saturated rings. The van der Waals surface area contributed by atoms with Gasteiger partial charge in [0.25, 0.3) is 0 Å². The van der Waals surface area contributed by atoms with Crippen molar-refractivity contribution in [3.63, 3.8) is 0 Å².